The molecule has 104 valence electrons. The monoisotopic (exact) mass is 293 g/mol. The van der Waals surface area contributed by atoms with Crippen LogP contribution in [0.1, 0.15) is 11.6 Å². The van der Waals surface area contributed by atoms with Crippen molar-refractivity contribution >= 4 is 34.0 Å². The predicted molar refractivity (Wildman–Crippen MR) is 81.6 cm³/mol. The van der Waals surface area contributed by atoms with Crippen molar-refractivity contribution < 1.29 is 8.78 Å². The Labute approximate surface area is 121 Å². The van der Waals surface area contributed by atoms with Gasteiger partial charge in [0, 0.05) is 0 Å². The number of fused-ring (bicyclic) bond motifs is 2. The highest BCUT2D eigenvalue weighted by Gasteiger charge is 2.22. The number of nitrogens with two attached hydrogens (primary N) is 1. The van der Waals surface area contributed by atoms with Crippen molar-refractivity contribution in [3.05, 3.63) is 60.2 Å². The summed E-state index contributed by atoms with van der Waals surface area (Å²) in [4.78, 5) is 0. The molecule has 0 saturated heterocycles. The van der Waals surface area contributed by atoms with Gasteiger partial charge in [0.15, 0.2) is 0 Å². The molecule has 3 aromatic carbocycles. The standard InChI is InChI=1S/C16H13F2N.ClH/c17-16(18)15(19)14-12-7-3-1-5-10(12)9-11-6-2-4-8-13(11)14;/h1-9,15-16H,19H2;1H/t15-;/m0./s1. The zero-order valence-corrected chi connectivity index (χ0v) is 11.4. The molecule has 0 spiro atoms. The molecule has 0 saturated carbocycles. The second-order valence-electron chi connectivity index (χ2n) is 4.59. The molecule has 0 fully saturated rings. The number of hydrogen-bond donors (Lipinski definition) is 1. The predicted octanol–water partition coefficient (Wildman–Crippen LogP) is 4.68. The van der Waals surface area contributed by atoms with Crippen LogP contribution in [0.3, 0.4) is 0 Å². The van der Waals surface area contributed by atoms with Crippen molar-refractivity contribution in [3.63, 3.8) is 0 Å². The number of rotatable bonds is 2. The van der Waals surface area contributed by atoms with E-state index in [1.165, 1.54) is 0 Å². The molecule has 0 aliphatic rings. The molecule has 0 unspecified atom stereocenters. The van der Waals surface area contributed by atoms with E-state index in [2.05, 4.69) is 0 Å². The lowest BCUT2D eigenvalue weighted by Crippen LogP contribution is -2.19. The van der Waals surface area contributed by atoms with E-state index in [4.69, 9.17) is 5.73 Å². The maximum atomic E-state index is 13.0. The Morgan fingerprint density at radius 2 is 1.25 bits per heavy atom. The Bertz CT molecular complexity index is 689. The maximum absolute atomic E-state index is 13.0. The summed E-state index contributed by atoms with van der Waals surface area (Å²) >= 11 is 0. The van der Waals surface area contributed by atoms with E-state index in [1.807, 2.05) is 54.6 Å². The van der Waals surface area contributed by atoms with Gasteiger partial charge in [0.05, 0.1) is 6.04 Å². The Morgan fingerprint density at radius 3 is 1.70 bits per heavy atom. The molecule has 1 nitrogen and oxygen atoms in total. The first-order valence-electron chi connectivity index (χ1n) is 6.12. The Balaban J connectivity index is 0.00000147. The first-order chi connectivity index (χ1) is 9.18. The summed E-state index contributed by atoms with van der Waals surface area (Å²) in [6, 6.07) is 15.8. The van der Waals surface area contributed by atoms with E-state index in [0.29, 0.717) is 5.56 Å². The molecule has 20 heavy (non-hydrogen) atoms. The summed E-state index contributed by atoms with van der Waals surface area (Å²) in [5, 5.41) is 3.47. The molecule has 4 heteroatoms. The average Bonchev–Trinajstić information content (AvgIpc) is 2.43. The van der Waals surface area contributed by atoms with Crippen molar-refractivity contribution in [3.8, 4) is 0 Å². The van der Waals surface area contributed by atoms with Crippen LogP contribution >= 0.6 is 12.4 Å². The van der Waals surface area contributed by atoms with E-state index in [0.717, 1.165) is 21.5 Å². The molecule has 0 amide bonds. The van der Waals surface area contributed by atoms with Gasteiger partial charge in [0.2, 0.25) is 0 Å². The van der Waals surface area contributed by atoms with Crippen LogP contribution in [-0.2, 0) is 0 Å². The minimum atomic E-state index is -2.57. The van der Waals surface area contributed by atoms with Crippen molar-refractivity contribution in [1.82, 2.24) is 0 Å². The zero-order chi connectivity index (χ0) is 13.4. The van der Waals surface area contributed by atoms with E-state index >= 15 is 0 Å². The molecule has 0 radical (unpaired) electrons. The van der Waals surface area contributed by atoms with Crippen LogP contribution in [-0.4, -0.2) is 6.43 Å². The fourth-order valence-electron chi connectivity index (χ4n) is 2.53. The van der Waals surface area contributed by atoms with Gasteiger partial charge in [-0.2, -0.15) is 0 Å². The summed E-state index contributed by atoms with van der Waals surface area (Å²) in [6.45, 7) is 0. The van der Waals surface area contributed by atoms with Gasteiger partial charge >= 0.3 is 0 Å². The Morgan fingerprint density at radius 1 is 0.800 bits per heavy atom. The van der Waals surface area contributed by atoms with Crippen LogP contribution in [0.2, 0.25) is 0 Å². The lowest BCUT2D eigenvalue weighted by atomic mass is 9.93. The average molecular weight is 294 g/mol. The SMILES string of the molecule is Cl.N[C@@H](c1c2ccccc2cc2ccccc12)C(F)F. The lowest BCUT2D eigenvalue weighted by molar-refractivity contribution is 0.117. The summed E-state index contributed by atoms with van der Waals surface area (Å²) in [7, 11) is 0. The zero-order valence-electron chi connectivity index (χ0n) is 10.6. The smallest absolute Gasteiger partial charge is 0.257 e. The maximum Gasteiger partial charge on any atom is 0.257 e. The fraction of sp³-hybridized carbons (Fsp3) is 0.125. The highest BCUT2D eigenvalue weighted by Crippen LogP contribution is 2.33. The van der Waals surface area contributed by atoms with Gasteiger partial charge in [-0.25, -0.2) is 8.78 Å². The molecule has 1 atom stereocenters. The number of halogens is 3. The quantitative estimate of drug-likeness (QED) is 0.682. The minimum absolute atomic E-state index is 0. The number of alkyl halides is 2. The van der Waals surface area contributed by atoms with Crippen molar-refractivity contribution in [2.24, 2.45) is 5.73 Å². The van der Waals surface area contributed by atoms with Crippen molar-refractivity contribution in [2.45, 2.75) is 12.5 Å². The van der Waals surface area contributed by atoms with E-state index < -0.39 is 12.5 Å². The van der Waals surface area contributed by atoms with Crippen LogP contribution in [0.25, 0.3) is 21.5 Å². The molecule has 0 aromatic heterocycles. The normalized spacial score (nSPS) is 12.6. The van der Waals surface area contributed by atoms with Gasteiger partial charge in [-0.15, -0.1) is 12.4 Å². The van der Waals surface area contributed by atoms with Crippen molar-refractivity contribution in [1.29, 1.82) is 0 Å². The van der Waals surface area contributed by atoms with Gasteiger partial charge in [0.25, 0.3) is 6.43 Å². The summed E-state index contributed by atoms with van der Waals surface area (Å²) in [6.07, 6.45) is -2.57. The third kappa shape index (κ3) is 2.35. The molecular weight excluding hydrogens is 280 g/mol. The molecule has 0 aliphatic heterocycles. The highest BCUT2D eigenvalue weighted by molar-refractivity contribution is 6.02. The second-order valence-corrected chi connectivity index (χ2v) is 4.59. The van der Waals surface area contributed by atoms with Crippen LogP contribution in [0.4, 0.5) is 8.78 Å². The largest absolute Gasteiger partial charge is 0.319 e. The third-order valence-electron chi connectivity index (χ3n) is 3.42. The van der Waals surface area contributed by atoms with Crippen molar-refractivity contribution in [2.75, 3.05) is 0 Å². The second kappa shape index (κ2) is 5.73. The van der Waals surface area contributed by atoms with Gasteiger partial charge in [-0.05, 0) is 33.2 Å². The molecule has 0 bridgehead atoms. The fourth-order valence-corrected chi connectivity index (χ4v) is 2.53. The van der Waals surface area contributed by atoms with E-state index in [-0.39, 0.29) is 12.4 Å². The van der Waals surface area contributed by atoms with Gasteiger partial charge in [-0.3, -0.25) is 0 Å². The first-order valence-corrected chi connectivity index (χ1v) is 6.12. The van der Waals surface area contributed by atoms with Crippen LogP contribution in [0, 0.1) is 0 Å². The van der Waals surface area contributed by atoms with Crippen LogP contribution in [0.5, 0.6) is 0 Å². The molecule has 0 aliphatic carbocycles. The lowest BCUT2D eigenvalue weighted by Gasteiger charge is -2.17. The van der Waals surface area contributed by atoms with E-state index in [1.54, 1.807) is 0 Å². The topological polar surface area (TPSA) is 26.0 Å². The highest BCUT2D eigenvalue weighted by atomic mass is 35.5. The Kier molecular flexibility index (Phi) is 4.21. The van der Waals surface area contributed by atoms with Crippen LogP contribution < -0.4 is 5.73 Å². The molecule has 3 rings (SSSR count). The Hall–Kier alpha value is -1.71. The summed E-state index contributed by atoms with van der Waals surface area (Å²) in [5.74, 6) is 0. The first kappa shape index (κ1) is 14.7. The van der Waals surface area contributed by atoms with E-state index in [9.17, 15) is 8.78 Å². The third-order valence-corrected chi connectivity index (χ3v) is 3.42. The van der Waals surface area contributed by atoms with Gasteiger partial charge < -0.3 is 5.73 Å². The molecular formula is C16H14ClF2N. The molecule has 0 heterocycles. The summed E-state index contributed by atoms with van der Waals surface area (Å²) in [5.41, 5.74) is 6.25. The molecule has 2 N–H and O–H groups in total. The van der Waals surface area contributed by atoms with Crippen LogP contribution in [0.15, 0.2) is 54.6 Å². The molecule has 3 aromatic rings. The van der Waals surface area contributed by atoms with Gasteiger partial charge in [0.1, 0.15) is 0 Å². The number of hydrogen-bond acceptors (Lipinski definition) is 1. The van der Waals surface area contributed by atoms with Gasteiger partial charge in [-0.1, -0.05) is 48.5 Å². The minimum Gasteiger partial charge on any atom is -0.319 e. The number of benzene rings is 3. The summed E-state index contributed by atoms with van der Waals surface area (Å²) < 4.78 is 26.1.